The highest BCUT2D eigenvalue weighted by Crippen LogP contribution is 2.76. The van der Waals surface area contributed by atoms with E-state index in [0.29, 0.717) is 0 Å². The molecule has 2 rings (SSSR count). The number of benzene rings is 2. The first-order valence-electron chi connectivity index (χ1n) is 10.7. The molecule has 0 aromatic heterocycles. The van der Waals surface area contributed by atoms with Crippen LogP contribution < -0.4 is 0 Å². The van der Waals surface area contributed by atoms with Gasteiger partial charge >= 0.3 is 17.6 Å². The van der Waals surface area contributed by atoms with Crippen molar-refractivity contribution >= 4 is 58.8 Å². The SMILES string of the molecule is CO[Si](CCc1ccc(S(S)(SS)c2ccc(CC[Si](OC)(OC)OC)cc2)cc1)(OC)OC. The van der Waals surface area contributed by atoms with Crippen molar-refractivity contribution in [1.82, 2.24) is 0 Å². The summed E-state index contributed by atoms with van der Waals surface area (Å²) < 4.78 is 33.2. The molecular weight excluding hydrogens is 545 g/mol. The molecule has 0 aliphatic heterocycles. The van der Waals surface area contributed by atoms with E-state index in [4.69, 9.17) is 38.2 Å². The van der Waals surface area contributed by atoms with Gasteiger partial charge in [0.05, 0.1) is 0 Å². The number of hydrogen-bond acceptors (Lipinski definition) is 9. The summed E-state index contributed by atoms with van der Waals surface area (Å²) in [5.41, 5.74) is 2.40. The van der Waals surface area contributed by atoms with E-state index >= 15 is 0 Å². The van der Waals surface area contributed by atoms with Crippen LogP contribution in [0.15, 0.2) is 58.3 Å². The summed E-state index contributed by atoms with van der Waals surface area (Å²) in [5, 5.41) is 0. The molecule has 0 saturated heterocycles. The highest BCUT2D eigenvalue weighted by atomic mass is 33.7. The molecule has 0 radical (unpaired) electrons. The lowest BCUT2D eigenvalue weighted by atomic mass is 10.2. The van der Waals surface area contributed by atoms with Crippen LogP contribution in [0.1, 0.15) is 11.1 Å². The highest BCUT2D eigenvalue weighted by Gasteiger charge is 2.38. The van der Waals surface area contributed by atoms with E-state index < -0.39 is 25.7 Å². The van der Waals surface area contributed by atoms with Crippen molar-refractivity contribution in [2.45, 2.75) is 34.7 Å². The summed E-state index contributed by atoms with van der Waals surface area (Å²) in [6.45, 7) is 0. The van der Waals surface area contributed by atoms with E-state index in [1.165, 1.54) is 21.0 Å². The fraction of sp³-hybridized carbons (Fsp3) is 0.455. The fourth-order valence-electron chi connectivity index (χ4n) is 3.61. The normalized spacial score (nSPS) is 13.3. The van der Waals surface area contributed by atoms with Gasteiger partial charge in [-0.3, -0.25) is 0 Å². The average molecular weight is 581 g/mol. The predicted octanol–water partition coefficient (Wildman–Crippen LogP) is 6.09. The van der Waals surface area contributed by atoms with Crippen LogP contribution in [-0.4, -0.2) is 60.3 Å². The van der Waals surface area contributed by atoms with Crippen LogP contribution in [0.3, 0.4) is 0 Å². The zero-order chi connectivity index (χ0) is 25.2. The molecule has 0 aliphatic carbocycles. The molecule has 6 nitrogen and oxygen atoms in total. The molecule has 0 atom stereocenters. The Bertz CT molecular complexity index is 781. The Morgan fingerprint density at radius 1 is 0.618 bits per heavy atom. The van der Waals surface area contributed by atoms with Gasteiger partial charge in [0.15, 0.2) is 0 Å². The topological polar surface area (TPSA) is 55.4 Å². The molecule has 0 saturated carbocycles. The molecule has 0 spiro atoms. The molecule has 34 heavy (non-hydrogen) atoms. The highest BCUT2D eigenvalue weighted by molar-refractivity contribution is 9.33. The predicted molar refractivity (Wildman–Crippen MR) is 153 cm³/mol. The number of rotatable bonds is 15. The molecule has 0 fully saturated rings. The summed E-state index contributed by atoms with van der Waals surface area (Å²) >= 11 is 9.72. The molecule has 2 aromatic carbocycles. The van der Waals surface area contributed by atoms with Crippen molar-refractivity contribution in [2.75, 3.05) is 42.7 Å². The molecule has 0 amide bonds. The Hall–Kier alpha value is 0.0338. The lowest BCUT2D eigenvalue weighted by Crippen LogP contribution is -2.43. The van der Waals surface area contributed by atoms with Crippen LogP contribution in [0.4, 0.5) is 0 Å². The zero-order valence-corrected chi connectivity index (χ0v) is 26.0. The van der Waals surface area contributed by atoms with E-state index in [2.05, 4.69) is 60.2 Å². The average Bonchev–Trinajstić information content (AvgIpc) is 2.91. The van der Waals surface area contributed by atoms with Crippen molar-refractivity contribution in [3.8, 4) is 0 Å². The minimum atomic E-state index is -2.59. The second-order valence-electron chi connectivity index (χ2n) is 7.48. The molecule has 192 valence electrons. The standard InChI is InChI=1S/C22H36O6S4Si2/c1-23-33(24-2,25-3)17-15-19-7-11-21(12-8-19)32(30,31-29)22-13-9-20(10-14-22)16-18-34(26-4,27-5)28-6/h7-14,29-30H,15-18H2,1-6H3. The molecule has 0 heterocycles. The van der Waals surface area contributed by atoms with Crippen LogP contribution in [0, 0.1) is 0 Å². The van der Waals surface area contributed by atoms with E-state index in [1.807, 2.05) is 0 Å². The lowest BCUT2D eigenvalue weighted by Gasteiger charge is -2.32. The first-order chi connectivity index (χ1) is 16.3. The van der Waals surface area contributed by atoms with Crippen LogP contribution in [0.25, 0.3) is 0 Å². The molecule has 0 aliphatic rings. The van der Waals surface area contributed by atoms with Gasteiger partial charge in [-0.05, 0) is 58.1 Å². The number of aryl methyl sites for hydroxylation is 2. The van der Waals surface area contributed by atoms with Gasteiger partial charge in [-0.15, -0.1) is 11.7 Å². The minimum absolute atomic E-state index is 0.719. The van der Waals surface area contributed by atoms with Gasteiger partial charge in [-0.1, -0.05) is 44.0 Å². The van der Waals surface area contributed by atoms with Crippen molar-refractivity contribution < 1.29 is 26.6 Å². The Balaban J connectivity index is 2.13. The maximum absolute atomic E-state index is 5.53. The number of hydrogen-bond donors (Lipinski definition) is 2. The third-order valence-electron chi connectivity index (χ3n) is 5.90. The van der Waals surface area contributed by atoms with Gasteiger partial charge < -0.3 is 26.6 Å². The Morgan fingerprint density at radius 3 is 1.15 bits per heavy atom. The van der Waals surface area contributed by atoms with Crippen LogP contribution in [0.2, 0.25) is 12.1 Å². The van der Waals surface area contributed by atoms with Gasteiger partial charge in [-0.25, -0.2) is 0 Å². The van der Waals surface area contributed by atoms with Crippen molar-refractivity contribution in [2.24, 2.45) is 0 Å². The Labute approximate surface area is 221 Å². The Kier molecular flexibility index (Phi) is 12.5. The Morgan fingerprint density at radius 2 is 0.912 bits per heavy atom. The van der Waals surface area contributed by atoms with E-state index in [-0.39, 0.29) is 0 Å². The first-order valence-corrected chi connectivity index (χ1v) is 19.6. The van der Waals surface area contributed by atoms with Gasteiger partial charge in [0, 0.05) is 64.5 Å². The molecule has 0 N–H and O–H groups in total. The van der Waals surface area contributed by atoms with E-state index in [9.17, 15) is 0 Å². The second-order valence-corrected chi connectivity index (χ2v) is 21.5. The molecule has 0 unspecified atom stereocenters. The second kappa shape index (κ2) is 14.1. The van der Waals surface area contributed by atoms with Crippen molar-refractivity contribution in [3.05, 3.63) is 59.7 Å². The molecule has 2 aromatic rings. The number of thiol groups is 2. The summed E-state index contributed by atoms with van der Waals surface area (Å²) in [6.07, 6.45) is 1.63. The van der Waals surface area contributed by atoms with E-state index in [0.717, 1.165) is 34.7 Å². The fourth-order valence-corrected chi connectivity index (χ4v) is 11.9. The van der Waals surface area contributed by atoms with Crippen LogP contribution in [-0.2, 0) is 39.4 Å². The molecule has 12 heteroatoms. The van der Waals surface area contributed by atoms with Crippen molar-refractivity contribution in [3.63, 3.8) is 0 Å². The maximum Gasteiger partial charge on any atom is 0.500 e. The van der Waals surface area contributed by atoms with E-state index in [1.54, 1.807) is 42.7 Å². The minimum Gasteiger partial charge on any atom is -0.377 e. The van der Waals surface area contributed by atoms with Gasteiger partial charge in [0.25, 0.3) is 0 Å². The lowest BCUT2D eigenvalue weighted by molar-refractivity contribution is 0.123. The maximum atomic E-state index is 5.53. The molecular formula is C22H36O6S4Si2. The summed E-state index contributed by atoms with van der Waals surface area (Å²) in [6, 6.07) is 18.5. The van der Waals surface area contributed by atoms with Crippen LogP contribution >= 0.6 is 41.2 Å². The summed E-state index contributed by atoms with van der Waals surface area (Å²) in [7, 11) is 4.51. The van der Waals surface area contributed by atoms with Gasteiger partial charge in [0.1, 0.15) is 0 Å². The third kappa shape index (κ3) is 7.29. The van der Waals surface area contributed by atoms with Crippen LogP contribution in [0.5, 0.6) is 0 Å². The summed E-state index contributed by atoms with van der Waals surface area (Å²) in [5.74, 6) is 0. The zero-order valence-electron chi connectivity index (χ0n) is 20.6. The largest absolute Gasteiger partial charge is 0.500 e. The van der Waals surface area contributed by atoms with Gasteiger partial charge in [-0.2, -0.15) is 0 Å². The monoisotopic (exact) mass is 580 g/mol. The first kappa shape index (κ1) is 30.3. The third-order valence-corrected chi connectivity index (χ3v) is 20.2. The van der Waals surface area contributed by atoms with Gasteiger partial charge in [0.2, 0.25) is 0 Å². The summed E-state index contributed by atoms with van der Waals surface area (Å²) in [4.78, 5) is 2.29. The molecule has 0 bridgehead atoms. The van der Waals surface area contributed by atoms with Crippen molar-refractivity contribution in [1.29, 1.82) is 0 Å². The smallest absolute Gasteiger partial charge is 0.377 e. The quantitative estimate of drug-likeness (QED) is 0.150.